The summed E-state index contributed by atoms with van der Waals surface area (Å²) in [5.41, 5.74) is 1.76. The molecule has 4 heteroatoms. The molecule has 0 spiro atoms. The fourth-order valence-corrected chi connectivity index (χ4v) is 1.18. The number of amides is 2. The highest BCUT2D eigenvalue weighted by Crippen LogP contribution is 2.15. The number of nitrogens with one attached hydrogen (secondary N) is 2. The van der Waals surface area contributed by atoms with E-state index in [0.29, 0.717) is 6.61 Å². The lowest BCUT2D eigenvalue weighted by Gasteiger charge is -2.06. The number of benzene rings is 1. The van der Waals surface area contributed by atoms with Gasteiger partial charge in [0.25, 0.3) is 0 Å². The van der Waals surface area contributed by atoms with Crippen LogP contribution in [0, 0.1) is 0 Å². The molecule has 0 aliphatic carbocycles. The maximum absolute atomic E-state index is 11.4. The van der Waals surface area contributed by atoms with Crippen LogP contribution in [0.15, 0.2) is 36.0 Å². The molecule has 2 amide bonds. The Balaban J connectivity index is 2.51. The normalized spacial score (nSPS) is 9.35. The standard InChI is InChI=1S/C13H18N2O2/c1-4-17-12-7-5-11(6-8-12)15-13(16)14-9-10(2)3/h5-9H,4H2,1-3H3,(H2,14,15,16). The van der Waals surface area contributed by atoms with Crippen molar-refractivity contribution in [3.05, 3.63) is 36.0 Å². The monoisotopic (exact) mass is 234 g/mol. The van der Waals surface area contributed by atoms with Crippen LogP contribution < -0.4 is 15.4 Å². The molecule has 0 unspecified atom stereocenters. The van der Waals surface area contributed by atoms with Gasteiger partial charge in [0.15, 0.2) is 0 Å². The first kappa shape index (κ1) is 13.1. The predicted molar refractivity (Wildman–Crippen MR) is 69.2 cm³/mol. The van der Waals surface area contributed by atoms with E-state index in [1.165, 1.54) is 0 Å². The summed E-state index contributed by atoms with van der Waals surface area (Å²) in [6, 6.07) is 6.98. The Morgan fingerprint density at radius 1 is 1.29 bits per heavy atom. The molecule has 0 fully saturated rings. The van der Waals surface area contributed by atoms with E-state index in [2.05, 4.69) is 10.6 Å². The van der Waals surface area contributed by atoms with Gasteiger partial charge in [0.1, 0.15) is 5.75 Å². The van der Waals surface area contributed by atoms with Crippen molar-refractivity contribution in [1.29, 1.82) is 0 Å². The van der Waals surface area contributed by atoms with Crippen molar-refractivity contribution >= 4 is 11.7 Å². The van der Waals surface area contributed by atoms with Gasteiger partial charge in [-0.2, -0.15) is 0 Å². The molecule has 0 aliphatic heterocycles. The number of carbonyl (C=O) groups is 1. The van der Waals surface area contributed by atoms with Crippen LogP contribution in [-0.4, -0.2) is 12.6 Å². The fraction of sp³-hybridized carbons (Fsp3) is 0.308. The second-order valence-corrected chi connectivity index (χ2v) is 3.78. The van der Waals surface area contributed by atoms with Crippen LogP contribution in [-0.2, 0) is 0 Å². The minimum absolute atomic E-state index is 0.254. The molecule has 0 aliphatic rings. The molecular weight excluding hydrogens is 216 g/mol. The van der Waals surface area contributed by atoms with Crippen LogP contribution in [0.1, 0.15) is 20.8 Å². The summed E-state index contributed by atoms with van der Waals surface area (Å²) in [6.45, 7) is 6.39. The molecule has 1 aromatic carbocycles. The van der Waals surface area contributed by atoms with Gasteiger partial charge in [-0.15, -0.1) is 0 Å². The van der Waals surface area contributed by atoms with Gasteiger partial charge in [-0.3, -0.25) is 0 Å². The molecule has 92 valence electrons. The van der Waals surface area contributed by atoms with E-state index in [-0.39, 0.29) is 6.03 Å². The highest BCUT2D eigenvalue weighted by molar-refractivity contribution is 5.89. The van der Waals surface area contributed by atoms with Crippen LogP contribution in [0.3, 0.4) is 0 Å². The molecule has 0 heterocycles. The Morgan fingerprint density at radius 2 is 1.94 bits per heavy atom. The smallest absolute Gasteiger partial charge is 0.323 e. The second kappa shape index (κ2) is 6.58. The van der Waals surface area contributed by atoms with Crippen molar-refractivity contribution in [3.63, 3.8) is 0 Å². The summed E-state index contributed by atoms with van der Waals surface area (Å²) < 4.78 is 5.31. The first-order valence-electron chi connectivity index (χ1n) is 5.55. The third-order valence-electron chi connectivity index (χ3n) is 1.92. The van der Waals surface area contributed by atoms with Crippen molar-refractivity contribution < 1.29 is 9.53 Å². The Hall–Kier alpha value is -1.97. The zero-order valence-corrected chi connectivity index (χ0v) is 10.4. The molecule has 17 heavy (non-hydrogen) atoms. The quantitative estimate of drug-likeness (QED) is 0.840. The lowest BCUT2D eigenvalue weighted by atomic mass is 10.3. The molecule has 2 N–H and O–H groups in total. The van der Waals surface area contributed by atoms with E-state index >= 15 is 0 Å². The highest BCUT2D eigenvalue weighted by atomic mass is 16.5. The maximum atomic E-state index is 11.4. The van der Waals surface area contributed by atoms with E-state index in [0.717, 1.165) is 17.0 Å². The molecule has 0 atom stereocenters. The minimum Gasteiger partial charge on any atom is -0.494 e. The molecule has 1 aromatic rings. The van der Waals surface area contributed by atoms with Crippen molar-refractivity contribution in [1.82, 2.24) is 5.32 Å². The third kappa shape index (κ3) is 5.06. The summed E-state index contributed by atoms with van der Waals surface area (Å²) in [7, 11) is 0. The van der Waals surface area contributed by atoms with Gasteiger partial charge in [0.05, 0.1) is 6.61 Å². The third-order valence-corrected chi connectivity index (χ3v) is 1.92. The topological polar surface area (TPSA) is 50.4 Å². The number of allylic oxidation sites excluding steroid dienone is 1. The van der Waals surface area contributed by atoms with Gasteiger partial charge < -0.3 is 15.4 Å². The molecule has 0 saturated carbocycles. The predicted octanol–water partition coefficient (Wildman–Crippen LogP) is 3.13. The number of ether oxygens (including phenoxy) is 1. The average Bonchev–Trinajstić information content (AvgIpc) is 2.29. The van der Waals surface area contributed by atoms with Crippen molar-refractivity contribution in [2.75, 3.05) is 11.9 Å². The van der Waals surface area contributed by atoms with Crippen LogP contribution in [0.5, 0.6) is 5.75 Å². The van der Waals surface area contributed by atoms with Crippen LogP contribution >= 0.6 is 0 Å². The van der Waals surface area contributed by atoms with Gasteiger partial charge in [0.2, 0.25) is 0 Å². The van der Waals surface area contributed by atoms with Crippen LogP contribution in [0.4, 0.5) is 10.5 Å². The van der Waals surface area contributed by atoms with E-state index in [9.17, 15) is 4.79 Å². The number of anilines is 1. The number of hydrogen-bond donors (Lipinski definition) is 2. The summed E-state index contributed by atoms with van der Waals surface area (Å²) in [6.07, 6.45) is 1.66. The zero-order valence-electron chi connectivity index (χ0n) is 10.4. The van der Waals surface area contributed by atoms with Crippen LogP contribution in [0.25, 0.3) is 0 Å². The molecule has 0 radical (unpaired) electrons. The molecule has 0 aromatic heterocycles. The fourth-order valence-electron chi connectivity index (χ4n) is 1.18. The van der Waals surface area contributed by atoms with E-state index in [1.807, 2.05) is 32.9 Å². The molecule has 0 bridgehead atoms. The highest BCUT2D eigenvalue weighted by Gasteiger charge is 1.99. The Labute approximate surface area is 102 Å². The summed E-state index contributed by atoms with van der Waals surface area (Å²) >= 11 is 0. The molecular formula is C13H18N2O2. The summed E-state index contributed by atoms with van der Waals surface area (Å²) in [4.78, 5) is 11.4. The van der Waals surface area contributed by atoms with Gasteiger partial charge in [-0.1, -0.05) is 5.57 Å². The number of hydrogen-bond acceptors (Lipinski definition) is 2. The van der Waals surface area contributed by atoms with Crippen molar-refractivity contribution in [2.45, 2.75) is 20.8 Å². The Kier molecular flexibility index (Phi) is 5.07. The van der Waals surface area contributed by atoms with Gasteiger partial charge in [-0.25, -0.2) is 4.79 Å². The Morgan fingerprint density at radius 3 is 2.47 bits per heavy atom. The minimum atomic E-state index is -0.254. The number of urea groups is 1. The van der Waals surface area contributed by atoms with E-state index in [1.54, 1.807) is 18.3 Å². The molecule has 4 nitrogen and oxygen atoms in total. The largest absolute Gasteiger partial charge is 0.494 e. The van der Waals surface area contributed by atoms with Gasteiger partial charge >= 0.3 is 6.03 Å². The molecule has 1 rings (SSSR count). The first-order chi connectivity index (χ1) is 8.11. The number of carbonyl (C=O) groups excluding carboxylic acids is 1. The van der Waals surface area contributed by atoms with Crippen LogP contribution in [0.2, 0.25) is 0 Å². The second-order valence-electron chi connectivity index (χ2n) is 3.78. The van der Waals surface area contributed by atoms with Crippen molar-refractivity contribution in [2.24, 2.45) is 0 Å². The lowest BCUT2D eigenvalue weighted by molar-refractivity contribution is 0.255. The first-order valence-corrected chi connectivity index (χ1v) is 5.55. The van der Waals surface area contributed by atoms with Gasteiger partial charge in [0, 0.05) is 11.9 Å². The number of rotatable bonds is 4. The SMILES string of the molecule is CCOc1ccc(NC(=O)NC=C(C)C)cc1. The van der Waals surface area contributed by atoms with Crippen molar-refractivity contribution in [3.8, 4) is 5.75 Å². The van der Waals surface area contributed by atoms with E-state index in [4.69, 9.17) is 4.74 Å². The maximum Gasteiger partial charge on any atom is 0.323 e. The van der Waals surface area contributed by atoms with Gasteiger partial charge in [-0.05, 0) is 45.0 Å². The molecule has 0 saturated heterocycles. The van der Waals surface area contributed by atoms with E-state index < -0.39 is 0 Å². The zero-order chi connectivity index (χ0) is 12.7. The lowest BCUT2D eigenvalue weighted by Crippen LogP contribution is -2.24. The summed E-state index contributed by atoms with van der Waals surface area (Å²) in [5.74, 6) is 0.794. The summed E-state index contributed by atoms with van der Waals surface area (Å²) in [5, 5.41) is 5.34. The average molecular weight is 234 g/mol. The Bertz CT molecular complexity index is 392.